The minimum Gasteiger partial charge on any atom is -0.480 e. The average Bonchev–Trinajstić information content (AvgIpc) is 2.55. The molecule has 2 aromatic rings. The summed E-state index contributed by atoms with van der Waals surface area (Å²) in [6, 6.07) is 4.18. The summed E-state index contributed by atoms with van der Waals surface area (Å²) in [7, 11) is 0. The SMILES string of the molecule is CC1CCN(C(=O)c2cnc3ccccn3c2=O)C(C(=O)O)C1. The minimum absolute atomic E-state index is 0.102. The van der Waals surface area contributed by atoms with Crippen molar-refractivity contribution in [1.29, 1.82) is 0 Å². The molecule has 120 valence electrons. The number of hydrogen-bond donors (Lipinski definition) is 1. The molecular weight excluding hydrogens is 298 g/mol. The molecule has 0 spiro atoms. The lowest BCUT2D eigenvalue weighted by atomic mass is 9.92. The summed E-state index contributed by atoms with van der Waals surface area (Å²) < 4.78 is 1.29. The molecule has 23 heavy (non-hydrogen) atoms. The quantitative estimate of drug-likeness (QED) is 0.893. The second kappa shape index (κ2) is 5.83. The van der Waals surface area contributed by atoms with Gasteiger partial charge in [-0.25, -0.2) is 9.78 Å². The molecule has 7 nitrogen and oxygen atoms in total. The maximum absolute atomic E-state index is 12.7. The second-order valence-corrected chi connectivity index (χ2v) is 5.89. The van der Waals surface area contributed by atoms with Crippen LogP contribution in [-0.4, -0.2) is 43.9 Å². The van der Waals surface area contributed by atoms with Crippen LogP contribution in [0, 0.1) is 5.92 Å². The molecule has 3 rings (SSSR count). The summed E-state index contributed by atoms with van der Waals surface area (Å²) in [5.41, 5.74) is -0.144. The number of amides is 1. The van der Waals surface area contributed by atoms with Crippen molar-refractivity contribution in [3.63, 3.8) is 0 Å². The van der Waals surface area contributed by atoms with Gasteiger partial charge in [0.15, 0.2) is 0 Å². The molecule has 1 aliphatic rings. The van der Waals surface area contributed by atoms with E-state index in [1.807, 2.05) is 6.92 Å². The number of carboxylic acids is 1. The Morgan fingerprint density at radius 1 is 1.35 bits per heavy atom. The molecule has 7 heteroatoms. The Morgan fingerprint density at radius 2 is 2.13 bits per heavy atom. The maximum Gasteiger partial charge on any atom is 0.326 e. The van der Waals surface area contributed by atoms with Crippen LogP contribution in [0.4, 0.5) is 0 Å². The number of fused-ring (bicyclic) bond motifs is 1. The molecule has 0 saturated carbocycles. The third-order valence-corrected chi connectivity index (χ3v) is 4.25. The molecule has 1 N–H and O–H groups in total. The fourth-order valence-corrected chi connectivity index (χ4v) is 2.95. The van der Waals surface area contributed by atoms with Crippen LogP contribution in [0.2, 0.25) is 0 Å². The predicted octanol–water partition coefficient (Wildman–Crippen LogP) is 1.02. The van der Waals surface area contributed by atoms with Gasteiger partial charge in [-0.1, -0.05) is 13.0 Å². The number of carbonyl (C=O) groups excluding carboxylic acids is 1. The van der Waals surface area contributed by atoms with Gasteiger partial charge in [-0.2, -0.15) is 0 Å². The Hall–Kier alpha value is -2.70. The van der Waals surface area contributed by atoms with E-state index in [4.69, 9.17) is 0 Å². The number of carboxylic acid groups (broad SMARTS) is 1. The fraction of sp³-hybridized carbons (Fsp3) is 0.375. The Bertz CT molecular complexity index is 829. The van der Waals surface area contributed by atoms with Gasteiger partial charge in [0.05, 0.1) is 0 Å². The summed E-state index contributed by atoms with van der Waals surface area (Å²) in [4.78, 5) is 42.0. The Balaban J connectivity index is 2.01. The minimum atomic E-state index is -1.04. The third kappa shape index (κ3) is 2.69. The number of carbonyl (C=O) groups is 2. The molecule has 0 radical (unpaired) electrons. The van der Waals surface area contributed by atoms with Gasteiger partial charge in [0.25, 0.3) is 11.5 Å². The lowest BCUT2D eigenvalue weighted by Crippen LogP contribution is -2.51. The maximum atomic E-state index is 12.7. The van der Waals surface area contributed by atoms with Gasteiger partial charge in [-0.3, -0.25) is 14.0 Å². The number of hydrogen-bond acceptors (Lipinski definition) is 4. The zero-order chi connectivity index (χ0) is 16.6. The lowest BCUT2D eigenvalue weighted by Gasteiger charge is -2.35. The molecule has 3 heterocycles. The number of nitrogens with zero attached hydrogens (tertiary/aromatic N) is 3. The number of likely N-dealkylation sites (tertiary alicyclic amines) is 1. The normalized spacial score (nSPS) is 21.3. The first-order valence-corrected chi connectivity index (χ1v) is 7.49. The van der Waals surface area contributed by atoms with Gasteiger partial charge in [-0.15, -0.1) is 0 Å². The summed E-state index contributed by atoms with van der Waals surface area (Å²) in [5, 5.41) is 9.37. The van der Waals surface area contributed by atoms with Gasteiger partial charge >= 0.3 is 5.97 Å². The van der Waals surface area contributed by atoms with E-state index < -0.39 is 23.5 Å². The van der Waals surface area contributed by atoms with Crippen molar-refractivity contribution in [3.05, 3.63) is 46.5 Å². The zero-order valence-electron chi connectivity index (χ0n) is 12.7. The molecular formula is C16H17N3O4. The average molecular weight is 315 g/mol. The molecule has 1 aliphatic heterocycles. The van der Waals surface area contributed by atoms with Crippen molar-refractivity contribution in [1.82, 2.24) is 14.3 Å². The van der Waals surface area contributed by atoms with E-state index in [9.17, 15) is 19.5 Å². The highest BCUT2D eigenvalue weighted by molar-refractivity contribution is 5.96. The Morgan fingerprint density at radius 3 is 2.87 bits per heavy atom. The number of pyridine rings is 1. The van der Waals surface area contributed by atoms with E-state index in [0.717, 1.165) is 6.42 Å². The van der Waals surface area contributed by atoms with Gasteiger partial charge < -0.3 is 10.0 Å². The first kappa shape index (κ1) is 15.2. The summed E-state index contributed by atoms with van der Waals surface area (Å²) in [6.07, 6.45) is 3.88. The fourth-order valence-electron chi connectivity index (χ4n) is 2.95. The van der Waals surface area contributed by atoms with Crippen LogP contribution in [0.15, 0.2) is 35.4 Å². The summed E-state index contributed by atoms with van der Waals surface area (Å²) in [6.45, 7) is 2.29. The molecule has 2 unspecified atom stereocenters. The highest BCUT2D eigenvalue weighted by Gasteiger charge is 2.36. The van der Waals surface area contributed by atoms with Crippen molar-refractivity contribution in [2.24, 2.45) is 5.92 Å². The van der Waals surface area contributed by atoms with Crippen molar-refractivity contribution in [2.75, 3.05) is 6.54 Å². The molecule has 1 saturated heterocycles. The lowest BCUT2D eigenvalue weighted by molar-refractivity contribution is -0.144. The van der Waals surface area contributed by atoms with Crippen molar-refractivity contribution in [3.8, 4) is 0 Å². The molecule has 2 atom stereocenters. The van der Waals surface area contributed by atoms with Crippen LogP contribution in [0.25, 0.3) is 5.65 Å². The topological polar surface area (TPSA) is 92.0 Å². The smallest absolute Gasteiger partial charge is 0.326 e. The highest BCUT2D eigenvalue weighted by atomic mass is 16.4. The summed E-state index contributed by atoms with van der Waals surface area (Å²) >= 11 is 0. The van der Waals surface area contributed by atoms with E-state index >= 15 is 0 Å². The highest BCUT2D eigenvalue weighted by Crippen LogP contribution is 2.23. The van der Waals surface area contributed by atoms with Crippen molar-refractivity contribution >= 4 is 17.5 Å². The Kier molecular flexibility index (Phi) is 3.85. The number of rotatable bonds is 2. The van der Waals surface area contributed by atoms with Crippen molar-refractivity contribution < 1.29 is 14.7 Å². The first-order chi connectivity index (χ1) is 11.0. The molecule has 0 bridgehead atoms. The van der Waals surface area contributed by atoms with E-state index in [-0.39, 0.29) is 11.5 Å². The van der Waals surface area contributed by atoms with Crippen LogP contribution < -0.4 is 5.56 Å². The van der Waals surface area contributed by atoms with E-state index in [1.165, 1.54) is 21.7 Å². The number of aromatic nitrogens is 2. The number of piperidine rings is 1. The van der Waals surface area contributed by atoms with Crippen LogP contribution in [-0.2, 0) is 4.79 Å². The molecule has 2 aromatic heterocycles. The summed E-state index contributed by atoms with van der Waals surface area (Å²) in [5.74, 6) is -1.38. The van der Waals surface area contributed by atoms with Crippen LogP contribution in [0.5, 0.6) is 0 Å². The van der Waals surface area contributed by atoms with Crippen molar-refractivity contribution in [2.45, 2.75) is 25.8 Å². The van der Waals surface area contributed by atoms with E-state index in [1.54, 1.807) is 18.2 Å². The van der Waals surface area contributed by atoms with Crippen LogP contribution in [0.1, 0.15) is 30.1 Å². The van der Waals surface area contributed by atoms with Gasteiger partial charge in [0, 0.05) is 18.9 Å². The van der Waals surface area contributed by atoms with Gasteiger partial charge in [0.2, 0.25) is 0 Å². The van der Waals surface area contributed by atoms with Crippen LogP contribution in [0.3, 0.4) is 0 Å². The standard InChI is InChI=1S/C16H17N3O4/c1-10-5-7-18(12(8-10)16(22)23)14(20)11-9-17-13-4-2-3-6-19(13)15(11)21/h2-4,6,9-10,12H,5,7-8H2,1H3,(H,22,23). The molecule has 1 fully saturated rings. The third-order valence-electron chi connectivity index (χ3n) is 4.25. The zero-order valence-corrected chi connectivity index (χ0v) is 12.7. The van der Waals surface area contributed by atoms with E-state index in [2.05, 4.69) is 4.98 Å². The monoisotopic (exact) mass is 315 g/mol. The van der Waals surface area contributed by atoms with Gasteiger partial charge in [0.1, 0.15) is 17.3 Å². The first-order valence-electron chi connectivity index (χ1n) is 7.49. The van der Waals surface area contributed by atoms with Gasteiger partial charge in [-0.05, 0) is 30.9 Å². The van der Waals surface area contributed by atoms with E-state index in [0.29, 0.717) is 18.6 Å². The Labute approximate surface area is 132 Å². The molecule has 1 amide bonds. The molecule has 0 aromatic carbocycles. The molecule has 0 aliphatic carbocycles. The second-order valence-electron chi connectivity index (χ2n) is 5.89. The predicted molar refractivity (Wildman–Crippen MR) is 82.3 cm³/mol. The number of aliphatic carboxylic acids is 1. The largest absolute Gasteiger partial charge is 0.480 e. The van der Waals surface area contributed by atoms with Crippen LogP contribution >= 0.6 is 0 Å².